The molecule has 1 saturated heterocycles. The zero-order chi connectivity index (χ0) is 22.9. The molecule has 0 amide bonds. The number of ether oxygens (including phenoxy) is 3. The lowest BCUT2D eigenvalue weighted by Gasteiger charge is -2.20. The third-order valence-electron chi connectivity index (χ3n) is 5.44. The molecule has 0 saturated carbocycles. The fraction of sp³-hybridized carbons (Fsp3) is 0.391. The van der Waals surface area contributed by atoms with E-state index < -0.39 is 5.92 Å². The second kappa shape index (κ2) is 8.74. The summed E-state index contributed by atoms with van der Waals surface area (Å²) in [6.45, 7) is 3.89. The first-order valence-corrected chi connectivity index (χ1v) is 10.4. The van der Waals surface area contributed by atoms with Gasteiger partial charge >= 0.3 is 0 Å². The van der Waals surface area contributed by atoms with Crippen LogP contribution in [0.4, 0.5) is 20.3 Å². The molecule has 2 aromatic carbocycles. The molecule has 32 heavy (non-hydrogen) atoms. The van der Waals surface area contributed by atoms with Gasteiger partial charge in [-0.15, -0.1) is 0 Å². The summed E-state index contributed by atoms with van der Waals surface area (Å²) >= 11 is 0. The van der Waals surface area contributed by atoms with Gasteiger partial charge in [-0.2, -0.15) is 0 Å². The van der Waals surface area contributed by atoms with E-state index in [1.165, 1.54) is 18.5 Å². The average Bonchev–Trinajstić information content (AvgIpc) is 3.25. The number of halogens is 2. The molecule has 2 heterocycles. The predicted molar refractivity (Wildman–Crippen MR) is 118 cm³/mol. The highest BCUT2D eigenvalue weighted by Gasteiger charge is 2.26. The van der Waals surface area contributed by atoms with E-state index in [1.807, 2.05) is 13.0 Å². The number of methoxy groups -OCH3 is 1. The number of alkyl halides is 2. The van der Waals surface area contributed by atoms with Crippen molar-refractivity contribution >= 4 is 22.4 Å². The monoisotopic (exact) mass is 444 g/mol. The van der Waals surface area contributed by atoms with Crippen LogP contribution in [0.15, 0.2) is 36.7 Å². The molecule has 0 bridgehead atoms. The van der Waals surface area contributed by atoms with E-state index in [9.17, 15) is 8.78 Å². The van der Waals surface area contributed by atoms with Crippen molar-refractivity contribution in [2.45, 2.75) is 38.3 Å². The SMILES string of the molecule is COc1cc2ncnc(N[C@H](C)c3cc(N)cc(C(C)(F)F)c3)c2cc1O[C@H]1CCOC1. The molecule has 4 rings (SSSR count). The number of nitrogens with one attached hydrogen (secondary N) is 1. The van der Waals surface area contributed by atoms with Crippen LogP contribution in [0.2, 0.25) is 0 Å². The molecule has 0 radical (unpaired) electrons. The Bertz CT molecular complexity index is 1110. The lowest BCUT2D eigenvalue weighted by molar-refractivity contribution is 0.0174. The van der Waals surface area contributed by atoms with Crippen LogP contribution in [-0.2, 0) is 10.7 Å². The molecule has 170 valence electrons. The van der Waals surface area contributed by atoms with Gasteiger partial charge in [0.05, 0.1) is 31.9 Å². The minimum absolute atomic E-state index is 0.0530. The maximum absolute atomic E-state index is 13.9. The van der Waals surface area contributed by atoms with E-state index in [0.29, 0.717) is 41.6 Å². The van der Waals surface area contributed by atoms with Crippen molar-refractivity contribution in [3.63, 3.8) is 0 Å². The highest BCUT2D eigenvalue weighted by molar-refractivity contribution is 5.91. The lowest BCUT2D eigenvalue weighted by atomic mass is 10.0. The summed E-state index contributed by atoms with van der Waals surface area (Å²) in [5, 5.41) is 4.01. The first kappa shape index (κ1) is 22.0. The number of anilines is 2. The van der Waals surface area contributed by atoms with E-state index >= 15 is 0 Å². The number of rotatable bonds is 7. The molecule has 0 aliphatic carbocycles. The second-order valence-corrected chi connectivity index (χ2v) is 7.99. The van der Waals surface area contributed by atoms with Crippen LogP contribution in [0.25, 0.3) is 10.9 Å². The average molecular weight is 444 g/mol. The fourth-order valence-corrected chi connectivity index (χ4v) is 3.68. The first-order chi connectivity index (χ1) is 15.2. The van der Waals surface area contributed by atoms with Crippen molar-refractivity contribution in [1.82, 2.24) is 9.97 Å². The van der Waals surface area contributed by atoms with Crippen LogP contribution in [0.5, 0.6) is 11.5 Å². The van der Waals surface area contributed by atoms with Crippen molar-refractivity contribution in [2.24, 2.45) is 0 Å². The van der Waals surface area contributed by atoms with Gasteiger partial charge < -0.3 is 25.3 Å². The molecule has 0 unspecified atom stereocenters. The zero-order valence-electron chi connectivity index (χ0n) is 18.2. The van der Waals surface area contributed by atoms with Crippen LogP contribution < -0.4 is 20.5 Å². The first-order valence-electron chi connectivity index (χ1n) is 10.4. The van der Waals surface area contributed by atoms with E-state index in [-0.39, 0.29) is 23.4 Å². The van der Waals surface area contributed by atoms with Crippen LogP contribution >= 0.6 is 0 Å². The Morgan fingerprint density at radius 1 is 1.19 bits per heavy atom. The van der Waals surface area contributed by atoms with Gasteiger partial charge in [-0.3, -0.25) is 0 Å². The molecule has 0 spiro atoms. The summed E-state index contributed by atoms with van der Waals surface area (Å²) in [6.07, 6.45) is 2.18. The van der Waals surface area contributed by atoms with Crippen LogP contribution in [0.1, 0.15) is 37.4 Å². The van der Waals surface area contributed by atoms with Crippen LogP contribution in [0.3, 0.4) is 0 Å². The van der Waals surface area contributed by atoms with Crippen LogP contribution in [-0.4, -0.2) is 36.4 Å². The maximum Gasteiger partial charge on any atom is 0.270 e. The minimum atomic E-state index is -2.99. The number of fused-ring (bicyclic) bond motifs is 1. The predicted octanol–water partition coefficient (Wildman–Crippen LogP) is 4.67. The Labute approximate surface area is 184 Å². The number of hydrogen-bond acceptors (Lipinski definition) is 7. The number of aromatic nitrogens is 2. The summed E-state index contributed by atoms with van der Waals surface area (Å²) in [5.74, 6) is -1.31. The molecule has 3 N–H and O–H groups in total. The van der Waals surface area contributed by atoms with E-state index in [1.54, 1.807) is 19.2 Å². The number of nitrogens with two attached hydrogens (primary N) is 1. The molecule has 9 heteroatoms. The van der Waals surface area contributed by atoms with Crippen molar-refractivity contribution in [3.05, 3.63) is 47.8 Å². The van der Waals surface area contributed by atoms with E-state index in [2.05, 4.69) is 15.3 Å². The Balaban J connectivity index is 1.67. The topological polar surface area (TPSA) is 91.5 Å². The Morgan fingerprint density at radius 3 is 2.69 bits per heavy atom. The van der Waals surface area contributed by atoms with Gasteiger partial charge in [0.25, 0.3) is 5.92 Å². The highest BCUT2D eigenvalue weighted by Crippen LogP contribution is 2.37. The molecule has 3 aromatic rings. The summed E-state index contributed by atoms with van der Waals surface area (Å²) in [6, 6.07) is 7.69. The third kappa shape index (κ3) is 4.67. The third-order valence-corrected chi connectivity index (χ3v) is 5.44. The van der Waals surface area contributed by atoms with Crippen molar-refractivity contribution in [2.75, 3.05) is 31.4 Å². The van der Waals surface area contributed by atoms with Gasteiger partial charge in [0.2, 0.25) is 0 Å². The standard InChI is InChI=1S/C23H26F2N4O3/c1-13(14-6-15(23(2,24)25)8-16(26)7-14)29-22-18-9-21(32-17-4-5-31-11-17)20(30-3)10-19(18)27-12-28-22/h6-10,12-13,17H,4-5,11,26H2,1-3H3,(H,27,28,29)/t13-,17+/m1/s1. The number of nitrogens with zero attached hydrogens (tertiary/aromatic N) is 2. The number of hydrogen-bond donors (Lipinski definition) is 2. The van der Waals surface area contributed by atoms with Crippen molar-refractivity contribution in [1.29, 1.82) is 0 Å². The van der Waals surface area contributed by atoms with E-state index in [0.717, 1.165) is 18.7 Å². The molecule has 1 fully saturated rings. The smallest absolute Gasteiger partial charge is 0.270 e. The van der Waals surface area contributed by atoms with Crippen LogP contribution in [0, 0.1) is 0 Å². The largest absolute Gasteiger partial charge is 0.493 e. The Kier molecular flexibility index (Phi) is 6.01. The molecular weight excluding hydrogens is 418 g/mol. The molecule has 1 aromatic heterocycles. The number of benzene rings is 2. The Morgan fingerprint density at radius 2 is 2.00 bits per heavy atom. The summed E-state index contributed by atoms with van der Waals surface area (Å²) < 4.78 is 44.7. The Hall–Kier alpha value is -3.20. The normalized spacial score (nSPS) is 17.3. The summed E-state index contributed by atoms with van der Waals surface area (Å²) in [4.78, 5) is 8.71. The highest BCUT2D eigenvalue weighted by atomic mass is 19.3. The summed E-state index contributed by atoms with van der Waals surface area (Å²) in [5.41, 5.74) is 7.31. The van der Waals surface area contributed by atoms with Gasteiger partial charge in [-0.25, -0.2) is 18.7 Å². The maximum atomic E-state index is 13.9. The van der Waals surface area contributed by atoms with Gasteiger partial charge in [0.1, 0.15) is 18.2 Å². The van der Waals surface area contributed by atoms with Gasteiger partial charge in [-0.1, -0.05) is 0 Å². The quantitative estimate of drug-likeness (QED) is 0.512. The van der Waals surface area contributed by atoms with Crippen molar-refractivity contribution in [3.8, 4) is 11.5 Å². The molecule has 1 aliphatic heterocycles. The molecular formula is C23H26F2N4O3. The zero-order valence-corrected chi connectivity index (χ0v) is 18.2. The molecule has 2 atom stereocenters. The summed E-state index contributed by atoms with van der Waals surface area (Å²) in [7, 11) is 1.57. The second-order valence-electron chi connectivity index (χ2n) is 7.99. The van der Waals surface area contributed by atoms with E-state index in [4.69, 9.17) is 19.9 Å². The minimum Gasteiger partial charge on any atom is -0.493 e. The van der Waals surface area contributed by atoms with Gasteiger partial charge in [0.15, 0.2) is 11.5 Å². The number of nitrogen functional groups attached to an aromatic ring is 1. The van der Waals surface area contributed by atoms with Gasteiger partial charge in [-0.05, 0) is 36.8 Å². The molecule has 7 nitrogen and oxygen atoms in total. The molecule has 1 aliphatic rings. The lowest BCUT2D eigenvalue weighted by Crippen LogP contribution is -2.16. The van der Waals surface area contributed by atoms with Gasteiger partial charge in [0, 0.05) is 36.0 Å². The fourth-order valence-electron chi connectivity index (χ4n) is 3.68. The van der Waals surface area contributed by atoms with Crippen molar-refractivity contribution < 1.29 is 23.0 Å².